The second-order valence-electron chi connectivity index (χ2n) is 2.57. The summed E-state index contributed by atoms with van der Waals surface area (Å²) in [5.74, 6) is 0.596. The van der Waals surface area contributed by atoms with Gasteiger partial charge in [0.25, 0.3) is 5.95 Å². The van der Waals surface area contributed by atoms with Gasteiger partial charge in [-0.25, -0.2) is 0 Å². The van der Waals surface area contributed by atoms with Crippen molar-refractivity contribution in [3.05, 3.63) is 35.9 Å². The molecule has 14 heavy (non-hydrogen) atoms. The molecule has 0 unspecified atom stereocenters. The van der Waals surface area contributed by atoms with Crippen LogP contribution in [-0.4, -0.2) is 26.5 Å². The summed E-state index contributed by atoms with van der Waals surface area (Å²) in [6, 6.07) is 9.39. The molecule has 0 bridgehead atoms. The summed E-state index contributed by atoms with van der Waals surface area (Å²) in [4.78, 5) is 3.97. The topological polar surface area (TPSA) is 92.8 Å². The first-order valence-corrected chi connectivity index (χ1v) is 3.99. The minimum atomic E-state index is 0.228. The van der Waals surface area contributed by atoms with Crippen LogP contribution >= 0.6 is 0 Å². The van der Waals surface area contributed by atoms with E-state index < -0.39 is 0 Å². The minimum Gasteiger partial charge on any atom is -0.383 e. The number of aromatic nitrogens is 4. The molecule has 6 heteroatoms. The maximum atomic E-state index is 5.71. The van der Waals surface area contributed by atoms with Crippen molar-refractivity contribution in [3.63, 3.8) is 0 Å². The first kappa shape index (κ1) is 8.36. The van der Waals surface area contributed by atoms with E-state index >= 15 is 0 Å². The molecule has 1 aromatic heterocycles. The average Bonchev–Trinajstić information content (AvgIpc) is 2.72. The van der Waals surface area contributed by atoms with Crippen LogP contribution in [0.1, 0.15) is 5.56 Å². The fraction of sp³-hybridized carbons (Fsp3) is 0. The van der Waals surface area contributed by atoms with Crippen LogP contribution in [0.4, 0.5) is 5.95 Å². The van der Waals surface area contributed by atoms with E-state index in [0.29, 0.717) is 5.84 Å². The zero-order chi connectivity index (χ0) is 9.80. The monoisotopic (exact) mass is 188 g/mol. The van der Waals surface area contributed by atoms with Crippen molar-refractivity contribution in [2.45, 2.75) is 0 Å². The van der Waals surface area contributed by atoms with Gasteiger partial charge in [0.05, 0.1) is 0 Å². The largest absolute Gasteiger partial charge is 0.383 e. The van der Waals surface area contributed by atoms with Crippen LogP contribution < -0.4 is 5.73 Å². The summed E-state index contributed by atoms with van der Waals surface area (Å²) >= 11 is 0. The molecule has 0 fully saturated rings. The van der Waals surface area contributed by atoms with Crippen molar-refractivity contribution >= 4 is 11.8 Å². The van der Waals surface area contributed by atoms with E-state index in [-0.39, 0.29) is 5.95 Å². The van der Waals surface area contributed by atoms with E-state index in [4.69, 9.17) is 5.73 Å². The molecule has 0 spiro atoms. The zero-order valence-corrected chi connectivity index (χ0v) is 7.25. The standard InChI is InChI=1S/C8H8N6/c9-7(6-4-2-1-3-5-6)10-8-11-13-14-12-8/h1-5H,(H3,9,10,11,12,13,14). The van der Waals surface area contributed by atoms with Gasteiger partial charge in [0.15, 0.2) is 0 Å². The Hall–Kier alpha value is -2.24. The molecular weight excluding hydrogens is 180 g/mol. The fourth-order valence-electron chi connectivity index (χ4n) is 0.985. The summed E-state index contributed by atoms with van der Waals surface area (Å²) in [6.45, 7) is 0. The zero-order valence-electron chi connectivity index (χ0n) is 7.25. The highest BCUT2D eigenvalue weighted by Gasteiger charge is 1.99. The number of benzene rings is 1. The third kappa shape index (κ3) is 1.74. The summed E-state index contributed by atoms with van der Waals surface area (Å²) in [5, 5.41) is 13.0. The average molecular weight is 188 g/mol. The molecule has 70 valence electrons. The molecule has 1 heterocycles. The highest BCUT2D eigenvalue weighted by molar-refractivity contribution is 5.98. The van der Waals surface area contributed by atoms with Crippen LogP contribution in [0.2, 0.25) is 0 Å². The first-order valence-electron chi connectivity index (χ1n) is 3.99. The number of hydrogen-bond donors (Lipinski definition) is 2. The smallest absolute Gasteiger partial charge is 0.290 e. The molecule has 2 aromatic rings. The van der Waals surface area contributed by atoms with Gasteiger partial charge in [-0.3, -0.25) is 0 Å². The second-order valence-corrected chi connectivity index (χ2v) is 2.57. The molecule has 0 aliphatic carbocycles. The summed E-state index contributed by atoms with van der Waals surface area (Å²) in [5.41, 5.74) is 6.55. The van der Waals surface area contributed by atoms with Gasteiger partial charge >= 0.3 is 0 Å². The van der Waals surface area contributed by atoms with Crippen molar-refractivity contribution < 1.29 is 0 Å². The lowest BCUT2D eigenvalue weighted by Gasteiger charge is -1.96. The molecule has 0 aliphatic rings. The lowest BCUT2D eigenvalue weighted by atomic mass is 10.2. The Balaban J connectivity index is 2.29. The number of nitrogens with zero attached hydrogens (tertiary/aromatic N) is 4. The van der Waals surface area contributed by atoms with Gasteiger partial charge < -0.3 is 5.73 Å². The summed E-state index contributed by atoms with van der Waals surface area (Å²) in [7, 11) is 0. The van der Waals surface area contributed by atoms with E-state index in [2.05, 4.69) is 25.6 Å². The maximum absolute atomic E-state index is 5.71. The third-order valence-corrected chi connectivity index (χ3v) is 1.62. The molecule has 0 amide bonds. The number of rotatable bonds is 2. The van der Waals surface area contributed by atoms with E-state index in [1.807, 2.05) is 30.3 Å². The van der Waals surface area contributed by atoms with Crippen molar-refractivity contribution in [1.29, 1.82) is 0 Å². The Morgan fingerprint density at radius 1 is 1.29 bits per heavy atom. The van der Waals surface area contributed by atoms with Crippen LogP contribution in [0.3, 0.4) is 0 Å². The second kappa shape index (κ2) is 3.65. The predicted octanol–water partition coefficient (Wildman–Crippen LogP) is 0.237. The van der Waals surface area contributed by atoms with Gasteiger partial charge in [0.1, 0.15) is 5.84 Å². The van der Waals surface area contributed by atoms with Crippen molar-refractivity contribution in [2.24, 2.45) is 10.7 Å². The van der Waals surface area contributed by atoms with Crippen LogP contribution in [0.25, 0.3) is 0 Å². The number of amidine groups is 1. The van der Waals surface area contributed by atoms with E-state index in [9.17, 15) is 0 Å². The lowest BCUT2D eigenvalue weighted by molar-refractivity contribution is 0.881. The minimum absolute atomic E-state index is 0.228. The molecule has 2 rings (SSSR count). The van der Waals surface area contributed by atoms with Gasteiger partial charge in [0.2, 0.25) is 0 Å². The van der Waals surface area contributed by atoms with E-state index in [1.165, 1.54) is 0 Å². The van der Waals surface area contributed by atoms with Gasteiger partial charge in [-0.15, -0.1) is 5.10 Å². The number of nitrogens with two attached hydrogens (primary N) is 1. The molecule has 3 N–H and O–H groups in total. The molecular formula is C8H8N6. The number of nitrogens with one attached hydrogen (secondary N) is 1. The number of tetrazole rings is 1. The van der Waals surface area contributed by atoms with Crippen LogP contribution in [-0.2, 0) is 0 Å². The number of aliphatic imine (C=N–C) groups is 1. The van der Waals surface area contributed by atoms with Gasteiger partial charge in [-0.05, 0) is 5.21 Å². The van der Waals surface area contributed by atoms with Crippen LogP contribution in [0.5, 0.6) is 0 Å². The predicted molar refractivity (Wildman–Crippen MR) is 51.0 cm³/mol. The summed E-state index contributed by atoms with van der Waals surface area (Å²) < 4.78 is 0. The van der Waals surface area contributed by atoms with Crippen molar-refractivity contribution in [1.82, 2.24) is 20.6 Å². The maximum Gasteiger partial charge on any atom is 0.290 e. The highest BCUT2D eigenvalue weighted by atomic mass is 15.5. The van der Waals surface area contributed by atoms with Crippen molar-refractivity contribution in [2.75, 3.05) is 0 Å². The van der Waals surface area contributed by atoms with Gasteiger partial charge in [-0.1, -0.05) is 35.4 Å². The number of aromatic amines is 1. The Morgan fingerprint density at radius 3 is 2.71 bits per heavy atom. The number of hydrogen-bond acceptors (Lipinski definition) is 4. The Labute approximate surface area is 79.9 Å². The van der Waals surface area contributed by atoms with Gasteiger partial charge in [-0.2, -0.15) is 10.2 Å². The Kier molecular flexibility index (Phi) is 2.18. The van der Waals surface area contributed by atoms with E-state index in [1.54, 1.807) is 0 Å². The lowest BCUT2D eigenvalue weighted by Crippen LogP contribution is -2.12. The van der Waals surface area contributed by atoms with Crippen molar-refractivity contribution in [3.8, 4) is 0 Å². The Morgan fingerprint density at radius 2 is 2.07 bits per heavy atom. The molecule has 0 radical (unpaired) electrons. The molecule has 0 aliphatic heterocycles. The van der Waals surface area contributed by atoms with Gasteiger partial charge in [0, 0.05) is 5.56 Å². The molecule has 0 saturated heterocycles. The SMILES string of the molecule is NC(=Nc1nn[nH]n1)c1ccccc1. The first-order chi connectivity index (χ1) is 6.86. The van der Waals surface area contributed by atoms with Crippen LogP contribution in [0, 0.1) is 0 Å². The number of H-pyrrole nitrogens is 1. The highest BCUT2D eigenvalue weighted by Crippen LogP contribution is 2.02. The normalized spacial score (nSPS) is 11.6. The quantitative estimate of drug-likeness (QED) is 0.521. The summed E-state index contributed by atoms with van der Waals surface area (Å²) in [6.07, 6.45) is 0. The molecule has 1 aromatic carbocycles. The van der Waals surface area contributed by atoms with Crippen LogP contribution in [0.15, 0.2) is 35.3 Å². The molecule has 6 nitrogen and oxygen atoms in total. The Bertz CT molecular complexity index is 418. The molecule has 0 atom stereocenters. The molecule has 0 saturated carbocycles. The third-order valence-electron chi connectivity index (χ3n) is 1.62. The fourth-order valence-corrected chi connectivity index (χ4v) is 0.985. The van der Waals surface area contributed by atoms with E-state index in [0.717, 1.165) is 5.56 Å².